The number of unbranched alkanes of at least 4 members (excludes halogenated alkanes) is 2. The van der Waals surface area contributed by atoms with Crippen LogP contribution in [0.5, 0.6) is 0 Å². The Kier molecular flexibility index (Phi) is 7.48. The van der Waals surface area contributed by atoms with Crippen LogP contribution in [-0.4, -0.2) is 47.9 Å². The minimum absolute atomic E-state index is 0.0181. The summed E-state index contributed by atoms with van der Waals surface area (Å²) in [6, 6.07) is -0.968. The molecule has 0 aliphatic carbocycles. The Hall–Kier alpha value is -1.63. The van der Waals surface area contributed by atoms with Gasteiger partial charge in [-0.3, -0.25) is 9.69 Å². The number of carbonyl (C=O) groups is 3. The molecule has 1 atom stereocenters. The highest BCUT2D eigenvalue weighted by atomic mass is 16.6. The van der Waals surface area contributed by atoms with Crippen molar-refractivity contribution in [3.63, 3.8) is 0 Å². The second-order valence-electron chi connectivity index (χ2n) is 6.01. The Balaban J connectivity index is 2.69. The summed E-state index contributed by atoms with van der Waals surface area (Å²) in [5.41, 5.74) is -0.987. The first kappa shape index (κ1) is 19.4. The van der Waals surface area contributed by atoms with Crippen molar-refractivity contribution in [1.29, 1.82) is 0 Å². The van der Waals surface area contributed by atoms with Crippen molar-refractivity contribution >= 4 is 18.0 Å². The van der Waals surface area contributed by atoms with Gasteiger partial charge in [-0.15, -0.1) is 0 Å². The van der Waals surface area contributed by atoms with E-state index < -0.39 is 29.8 Å². The van der Waals surface area contributed by atoms with Crippen molar-refractivity contribution in [3.05, 3.63) is 0 Å². The minimum Gasteiger partial charge on any atom is -0.449 e. The summed E-state index contributed by atoms with van der Waals surface area (Å²) in [4.78, 5) is 37.2. The van der Waals surface area contributed by atoms with Crippen molar-refractivity contribution < 1.29 is 28.6 Å². The Bertz CT molecular complexity index is 434. The molecule has 0 bridgehead atoms. The Morgan fingerprint density at radius 3 is 2.43 bits per heavy atom. The van der Waals surface area contributed by atoms with Gasteiger partial charge in [0.1, 0.15) is 5.72 Å². The van der Waals surface area contributed by atoms with E-state index in [1.165, 1.54) is 4.90 Å². The number of hydrogen-bond donors (Lipinski definition) is 0. The molecule has 23 heavy (non-hydrogen) atoms. The Morgan fingerprint density at radius 1 is 1.17 bits per heavy atom. The molecule has 0 aromatic carbocycles. The average Bonchev–Trinajstić information content (AvgIpc) is 2.80. The summed E-state index contributed by atoms with van der Waals surface area (Å²) in [6.45, 7) is 7.52. The largest absolute Gasteiger partial charge is 0.449 e. The number of esters is 2. The third-order valence-corrected chi connectivity index (χ3v) is 3.63. The third-order valence-electron chi connectivity index (χ3n) is 3.63. The van der Waals surface area contributed by atoms with Crippen molar-refractivity contribution in [2.75, 3.05) is 13.2 Å². The van der Waals surface area contributed by atoms with E-state index >= 15 is 0 Å². The lowest BCUT2D eigenvalue weighted by atomic mass is 10.2. The van der Waals surface area contributed by atoms with E-state index in [1.807, 2.05) is 13.8 Å². The summed E-state index contributed by atoms with van der Waals surface area (Å²) in [7, 11) is 0. The summed E-state index contributed by atoms with van der Waals surface area (Å²) in [5.74, 6) is -1.36. The quantitative estimate of drug-likeness (QED) is 0.406. The van der Waals surface area contributed by atoms with Crippen LogP contribution in [0.25, 0.3) is 0 Å². The lowest BCUT2D eigenvalue weighted by Crippen LogP contribution is -2.51. The molecule has 0 N–H and O–H groups in total. The van der Waals surface area contributed by atoms with Crippen molar-refractivity contribution in [3.8, 4) is 0 Å². The monoisotopic (exact) mass is 329 g/mol. The van der Waals surface area contributed by atoms with Gasteiger partial charge in [0.2, 0.25) is 0 Å². The fraction of sp³-hybridized carbons (Fsp3) is 0.812. The molecule has 1 amide bonds. The SMILES string of the molecule is CCCCOC(=O)N1[C@H](C(=O)OC(=O)CCCC)COC1(C)C. The maximum Gasteiger partial charge on any atom is 0.412 e. The number of ether oxygens (including phenoxy) is 3. The first-order valence-corrected chi connectivity index (χ1v) is 8.18. The van der Waals surface area contributed by atoms with E-state index in [0.717, 1.165) is 19.3 Å². The summed E-state index contributed by atoms with van der Waals surface area (Å²) in [6.07, 6.45) is 2.67. The molecule has 132 valence electrons. The van der Waals surface area contributed by atoms with Gasteiger partial charge >= 0.3 is 18.0 Å². The van der Waals surface area contributed by atoms with Crippen molar-refractivity contribution in [1.82, 2.24) is 4.90 Å². The van der Waals surface area contributed by atoms with E-state index in [9.17, 15) is 14.4 Å². The van der Waals surface area contributed by atoms with Crippen LogP contribution in [0.15, 0.2) is 0 Å². The second-order valence-corrected chi connectivity index (χ2v) is 6.01. The predicted molar refractivity (Wildman–Crippen MR) is 82.5 cm³/mol. The number of rotatable bonds is 7. The van der Waals surface area contributed by atoms with Crippen LogP contribution >= 0.6 is 0 Å². The molecule has 1 fully saturated rings. The van der Waals surface area contributed by atoms with Gasteiger partial charge in [0.05, 0.1) is 13.2 Å². The van der Waals surface area contributed by atoms with Gasteiger partial charge in [0.15, 0.2) is 6.04 Å². The highest BCUT2D eigenvalue weighted by molar-refractivity contribution is 5.90. The highest BCUT2D eigenvalue weighted by Gasteiger charge is 2.49. The molecule has 7 nitrogen and oxygen atoms in total. The van der Waals surface area contributed by atoms with Crippen molar-refractivity contribution in [2.45, 2.75) is 71.6 Å². The lowest BCUT2D eigenvalue weighted by Gasteiger charge is -2.31. The highest BCUT2D eigenvalue weighted by Crippen LogP contribution is 2.29. The first-order valence-electron chi connectivity index (χ1n) is 8.18. The van der Waals surface area contributed by atoms with Crippen LogP contribution in [0.1, 0.15) is 59.8 Å². The maximum absolute atomic E-state index is 12.2. The van der Waals surface area contributed by atoms with Gasteiger partial charge in [-0.25, -0.2) is 9.59 Å². The van der Waals surface area contributed by atoms with Crippen LogP contribution in [0.3, 0.4) is 0 Å². The molecule has 1 aliphatic rings. The Labute approximate surface area is 137 Å². The zero-order valence-electron chi connectivity index (χ0n) is 14.4. The molecule has 1 saturated heterocycles. The van der Waals surface area contributed by atoms with Gasteiger partial charge in [-0.05, 0) is 26.7 Å². The van der Waals surface area contributed by atoms with Gasteiger partial charge in [0.25, 0.3) is 0 Å². The van der Waals surface area contributed by atoms with Crippen LogP contribution in [0, 0.1) is 0 Å². The second kappa shape index (κ2) is 8.86. The number of nitrogens with zero attached hydrogens (tertiary/aromatic N) is 1. The van der Waals surface area contributed by atoms with E-state index in [4.69, 9.17) is 14.2 Å². The maximum atomic E-state index is 12.2. The fourth-order valence-corrected chi connectivity index (χ4v) is 2.25. The lowest BCUT2D eigenvalue weighted by molar-refractivity contribution is -0.163. The van der Waals surface area contributed by atoms with Crippen LogP contribution in [-0.2, 0) is 23.8 Å². The van der Waals surface area contributed by atoms with Gasteiger partial charge < -0.3 is 14.2 Å². The average molecular weight is 329 g/mol. The fourth-order valence-electron chi connectivity index (χ4n) is 2.25. The zero-order valence-corrected chi connectivity index (χ0v) is 14.4. The van der Waals surface area contributed by atoms with Crippen molar-refractivity contribution in [2.24, 2.45) is 0 Å². The molecular weight excluding hydrogens is 302 g/mol. The third kappa shape index (κ3) is 5.49. The Morgan fingerprint density at radius 2 is 1.83 bits per heavy atom. The molecule has 7 heteroatoms. The normalized spacial score (nSPS) is 19.5. The molecule has 0 unspecified atom stereocenters. The molecule has 1 aliphatic heterocycles. The molecule has 0 aromatic heterocycles. The van der Waals surface area contributed by atoms with Gasteiger partial charge in [-0.1, -0.05) is 26.7 Å². The standard InChI is InChI=1S/C16H27NO6/c1-5-7-9-13(18)23-14(19)12-11-22-16(3,4)17(12)15(20)21-10-8-6-2/h12H,5-11H2,1-4H3/t12-/m0/s1. The summed E-state index contributed by atoms with van der Waals surface area (Å²) < 4.78 is 15.5. The number of carbonyl (C=O) groups excluding carboxylic acids is 3. The first-order chi connectivity index (χ1) is 10.8. The van der Waals surface area contributed by atoms with Crippen LogP contribution in [0.4, 0.5) is 4.79 Å². The van der Waals surface area contributed by atoms with E-state index in [2.05, 4.69) is 0 Å². The summed E-state index contributed by atoms with van der Waals surface area (Å²) in [5, 5.41) is 0. The molecule has 1 rings (SSSR count). The van der Waals surface area contributed by atoms with E-state index in [0.29, 0.717) is 6.42 Å². The molecule has 0 radical (unpaired) electrons. The molecular formula is C16H27NO6. The topological polar surface area (TPSA) is 82.1 Å². The zero-order chi connectivity index (χ0) is 17.5. The molecule has 1 heterocycles. The van der Waals surface area contributed by atoms with E-state index in [-0.39, 0.29) is 19.6 Å². The smallest absolute Gasteiger partial charge is 0.412 e. The molecule has 0 spiro atoms. The van der Waals surface area contributed by atoms with E-state index in [1.54, 1.807) is 13.8 Å². The van der Waals surface area contributed by atoms with Crippen LogP contribution < -0.4 is 0 Å². The number of amides is 1. The van der Waals surface area contributed by atoms with Crippen LogP contribution in [0.2, 0.25) is 0 Å². The number of hydrogen-bond acceptors (Lipinski definition) is 6. The predicted octanol–water partition coefficient (Wildman–Crippen LogP) is 2.62. The summed E-state index contributed by atoms with van der Waals surface area (Å²) >= 11 is 0. The molecule has 0 saturated carbocycles. The van der Waals surface area contributed by atoms with Gasteiger partial charge in [-0.2, -0.15) is 0 Å². The minimum atomic E-state index is -0.987. The molecule has 0 aromatic rings. The van der Waals surface area contributed by atoms with Gasteiger partial charge in [0, 0.05) is 6.42 Å².